The van der Waals surface area contributed by atoms with Gasteiger partial charge < -0.3 is 5.11 Å². The minimum absolute atomic E-state index is 0. The number of rotatable bonds is 4. The zero-order chi connectivity index (χ0) is 26.0. The van der Waals surface area contributed by atoms with Gasteiger partial charge in [-0.3, -0.25) is 9.78 Å². The molecule has 2 aromatic carbocycles. The molecule has 0 bridgehead atoms. The normalized spacial score (nSPS) is 14.1. The van der Waals surface area contributed by atoms with E-state index in [9.17, 15) is 9.90 Å². The summed E-state index contributed by atoms with van der Waals surface area (Å²) in [5.74, 6) is 0.343. The summed E-state index contributed by atoms with van der Waals surface area (Å²) < 4.78 is 0. The fourth-order valence-corrected chi connectivity index (χ4v) is 6.59. The zero-order valence-electron chi connectivity index (χ0n) is 23.0. The van der Waals surface area contributed by atoms with Crippen LogP contribution in [0, 0.1) is 13.0 Å². The summed E-state index contributed by atoms with van der Waals surface area (Å²) in [5.41, 5.74) is 5.08. The maximum Gasteiger partial charge on any atom is 0.159 e. The number of hydrogen-bond acceptors (Lipinski definition) is 3. The third kappa shape index (κ3) is 7.58. The average molecular weight is 695 g/mol. The Morgan fingerprint density at radius 2 is 1.53 bits per heavy atom. The molecule has 1 radical (unpaired) electrons. The average Bonchev–Trinajstić information content (AvgIpc) is 2.77. The standard InChI is InChI=1S/C22H28NSi2.C8H12O2.Ir/c1-16-14-18-15-20(25(5,6)7)12-13-21(18)23-22(16)17-8-10-19(11-9-17)24(2,3)4;1-6(9)7-4-2-3-5-8(7)10;/h8,10-15H,1-7H3;10H,2-5H2,1H3;/q-1;;. The number of aryl methyl sites for hydroxylation is 1. The molecule has 4 rings (SSSR count). The molecule has 0 saturated heterocycles. The van der Waals surface area contributed by atoms with Gasteiger partial charge >= 0.3 is 0 Å². The number of aliphatic hydroxyl groups excluding tert-OH is 1. The van der Waals surface area contributed by atoms with E-state index in [1.54, 1.807) is 0 Å². The van der Waals surface area contributed by atoms with Crippen LogP contribution in [-0.2, 0) is 24.9 Å². The summed E-state index contributed by atoms with van der Waals surface area (Å²) in [6, 6.07) is 19.2. The third-order valence-electron chi connectivity index (χ3n) is 6.67. The van der Waals surface area contributed by atoms with Gasteiger partial charge in [0.2, 0.25) is 0 Å². The minimum atomic E-state index is -1.30. The number of pyridine rings is 1. The maximum atomic E-state index is 10.8. The molecule has 0 unspecified atom stereocenters. The van der Waals surface area contributed by atoms with E-state index < -0.39 is 16.1 Å². The van der Waals surface area contributed by atoms with Crippen molar-refractivity contribution in [2.75, 3.05) is 0 Å². The summed E-state index contributed by atoms with van der Waals surface area (Å²) >= 11 is 0. The zero-order valence-corrected chi connectivity index (χ0v) is 27.4. The van der Waals surface area contributed by atoms with Crippen LogP contribution in [0.4, 0.5) is 0 Å². The van der Waals surface area contributed by atoms with Crippen LogP contribution in [0.1, 0.15) is 38.2 Å². The van der Waals surface area contributed by atoms with Gasteiger partial charge in [-0.25, -0.2) is 0 Å². The summed E-state index contributed by atoms with van der Waals surface area (Å²) in [7, 11) is -2.59. The van der Waals surface area contributed by atoms with Gasteiger partial charge in [0.15, 0.2) is 5.78 Å². The second-order valence-corrected chi connectivity index (χ2v) is 21.9. The van der Waals surface area contributed by atoms with E-state index in [0.29, 0.717) is 17.8 Å². The van der Waals surface area contributed by atoms with Gasteiger partial charge in [-0.05, 0) is 50.3 Å². The van der Waals surface area contributed by atoms with E-state index >= 15 is 0 Å². The van der Waals surface area contributed by atoms with Crippen molar-refractivity contribution in [2.45, 2.75) is 78.8 Å². The summed E-state index contributed by atoms with van der Waals surface area (Å²) in [5, 5.41) is 13.4. The molecule has 0 fully saturated rings. The molecule has 1 N–H and O–H groups in total. The van der Waals surface area contributed by atoms with Crippen molar-refractivity contribution in [3.8, 4) is 11.3 Å². The minimum Gasteiger partial charge on any atom is -0.512 e. The quantitative estimate of drug-likeness (QED) is 0.235. The van der Waals surface area contributed by atoms with Gasteiger partial charge in [0.1, 0.15) is 0 Å². The number of aliphatic hydroxyl groups is 1. The first-order valence-corrected chi connectivity index (χ1v) is 19.6. The first-order valence-electron chi connectivity index (χ1n) is 12.6. The topological polar surface area (TPSA) is 50.2 Å². The molecule has 36 heavy (non-hydrogen) atoms. The number of hydrogen-bond donors (Lipinski definition) is 1. The largest absolute Gasteiger partial charge is 0.512 e. The molecule has 1 aliphatic carbocycles. The Morgan fingerprint density at radius 3 is 2.03 bits per heavy atom. The molecule has 1 heterocycles. The van der Waals surface area contributed by atoms with Crippen LogP contribution >= 0.6 is 0 Å². The van der Waals surface area contributed by atoms with Crippen molar-refractivity contribution >= 4 is 43.2 Å². The number of carbonyl (C=O) groups is 1. The molecule has 0 aliphatic heterocycles. The van der Waals surface area contributed by atoms with Crippen molar-refractivity contribution < 1.29 is 30.0 Å². The van der Waals surface area contributed by atoms with Gasteiger partial charge in [-0.15, -0.1) is 35.0 Å². The Balaban J connectivity index is 0.000000350. The number of benzene rings is 2. The number of nitrogens with zero attached hydrogens (tertiary/aromatic N) is 1. The molecule has 3 nitrogen and oxygen atoms in total. The maximum absolute atomic E-state index is 10.8. The van der Waals surface area contributed by atoms with E-state index in [0.717, 1.165) is 36.0 Å². The molecule has 1 aliphatic rings. The van der Waals surface area contributed by atoms with E-state index in [1.807, 2.05) is 0 Å². The molecular weight excluding hydrogens is 655 g/mol. The fourth-order valence-electron chi connectivity index (χ4n) is 4.33. The SMILES string of the molecule is CC(=O)C1=C(O)CCCC1.Cc1cc2cc([Si](C)(C)C)ccc2nc1-c1[c-]cc([Si](C)(C)C)cc1.[Ir]. The van der Waals surface area contributed by atoms with Crippen molar-refractivity contribution in [2.24, 2.45) is 0 Å². The predicted molar refractivity (Wildman–Crippen MR) is 156 cm³/mol. The Labute approximate surface area is 232 Å². The Kier molecular flexibility index (Phi) is 10.2. The number of ketones is 1. The summed E-state index contributed by atoms with van der Waals surface area (Å²) in [6.45, 7) is 17.9. The molecule has 6 heteroatoms. The van der Waals surface area contributed by atoms with E-state index in [2.05, 4.69) is 94.7 Å². The van der Waals surface area contributed by atoms with E-state index in [4.69, 9.17) is 4.98 Å². The van der Waals surface area contributed by atoms with Crippen LogP contribution in [0.2, 0.25) is 39.3 Å². The van der Waals surface area contributed by atoms with E-state index in [1.165, 1.54) is 28.2 Å². The van der Waals surface area contributed by atoms with Crippen LogP contribution in [0.15, 0.2) is 53.8 Å². The molecule has 0 atom stereocenters. The van der Waals surface area contributed by atoms with Crippen LogP contribution in [-0.4, -0.2) is 32.0 Å². The smallest absolute Gasteiger partial charge is 0.159 e. The van der Waals surface area contributed by atoms with Crippen LogP contribution < -0.4 is 10.4 Å². The second-order valence-electron chi connectivity index (χ2n) is 11.7. The molecule has 0 spiro atoms. The van der Waals surface area contributed by atoms with Crippen molar-refractivity contribution in [3.05, 3.63) is 65.4 Å². The number of allylic oxidation sites excluding steroid dienone is 2. The molecule has 195 valence electrons. The fraction of sp³-hybridized carbons (Fsp3) is 0.400. The molecule has 3 aromatic rings. The van der Waals surface area contributed by atoms with Gasteiger partial charge in [-0.2, -0.15) is 0 Å². The number of fused-ring (bicyclic) bond motifs is 1. The summed E-state index contributed by atoms with van der Waals surface area (Å²) in [6.07, 6.45) is 3.51. The van der Waals surface area contributed by atoms with Crippen molar-refractivity contribution in [3.63, 3.8) is 0 Å². The van der Waals surface area contributed by atoms with Gasteiger partial charge in [-0.1, -0.05) is 68.2 Å². The Morgan fingerprint density at radius 1 is 0.917 bits per heavy atom. The Bertz CT molecular complexity index is 1250. The number of aromatic nitrogens is 1. The predicted octanol–water partition coefficient (Wildman–Crippen LogP) is 7.06. The van der Waals surface area contributed by atoms with Gasteiger partial charge in [0.25, 0.3) is 0 Å². The second kappa shape index (κ2) is 12.1. The molecule has 0 saturated carbocycles. The monoisotopic (exact) mass is 695 g/mol. The Hall–Kier alpha value is -1.86. The van der Waals surface area contributed by atoms with Crippen LogP contribution in [0.3, 0.4) is 0 Å². The first kappa shape index (κ1) is 30.4. The molecule has 1 aromatic heterocycles. The van der Waals surface area contributed by atoms with Crippen LogP contribution in [0.25, 0.3) is 22.2 Å². The third-order valence-corrected chi connectivity index (χ3v) is 10.8. The first-order chi connectivity index (χ1) is 16.3. The van der Waals surface area contributed by atoms with Crippen molar-refractivity contribution in [1.82, 2.24) is 4.98 Å². The van der Waals surface area contributed by atoms with Crippen molar-refractivity contribution in [1.29, 1.82) is 0 Å². The number of carbonyl (C=O) groups excluding carboxylic acids is 1. The molecular formula is C30H40IrNO2Si2-. The van der Waals surface area contributed by atoms with Gasteiger partial charge in [0, 0.05) is 40.2 Å². The summed E-state index contributed by atoms with van der Waals surface area (Å²) in [4.78, 5) is 15.7. The number of Topliss-reactive ketones (excluding diaryl/α,β-unsaturated/α-hetero) is 1. The van der Waals surface area contributed by atoms with E-state index in [-0.39, 0.29) is 25.9 Å². The van der Waals surface area contributed by atoms with Crippen LogP contribution in [0.5, 0.6) is 0 Å². The van der Waals surface area contributed by atoms with Gasteiger partial charge in [0.05, 0.1) is 19.3 Å². The molecule has 0 amide bonds.